The van der Waals surface area contributed by atoms with Crippen molar-refractivity contribution in [2.45, 2.75) is 0 Å². The van der Waals surface area contributed by atoms with Crippen LogP contribution in [0.3, 0.4) is 0 Å². The second-order valence-electron chi connectivity index (χ2n) is 12.1. The zero-order valence-electron chi connectivity index (χ0n) is 25.2. The lowest BCUT2D eigenvalue weighted by molar-refractivity contribution is 0.669. The van der Waals surface area contributed by atoms with Gasteiger partial charge in [-0.1, -0.05) is 84.9 Å². The average molecular weight is 600 g/mol. The smallest absolute Gasteiger partial charge is 0.137 e. The fourth-order valence-corrected chi connectivity index (χ4v) is 7.53. The Morgan fingerprint density at radius 1 is 0.447 bits per heavy atom. The number of rotatable bonds is 3. The first-order valence-corrected chi connectivity index (χ1v) is 15.7. The molecule has 3 heterocycles. The van der Waals surface area contributed by atoms with Crippen LogP contribution >= 0.6 is 0 Å². The van der Waals surface area contributed by atoms with Gasteiger partial charge in [0.25, 0.3) is 0 Å². The summed E-state index contributed by atoms with van der Waals surface area (Å²) in [6, 6.07) is 55.3. The Labute approximate surface area is 269 Å². The minimum absolute atomic E-state index is 0.606. The molecule has 0 aliphatic carbocycles. The predicted molar refractivity (Wildman–Crippen MR) is 193 cm³/mol. The van der Waals surface area contributed by atoms with E-state index in [-0.39, 0.29) is 0 Å². The van der Waals surface area contributed by atoms with E-state index in [2.05, 4.69) is 143 Å². The van der Waals surface area contributed by atoms with E-state index >= 15 is 0 Å². The Hall–Kier alpha value is -6.57. The SMILES string of the molecule is N#Cc1cc(-c2cccc(-n3c4ccccc4c4ccccc43)c2)cc(-n2c3ccccc3c3ccc4oc5ccccc5c4c32)c1. The largest absolute Gasteiger partial charge is 0.456 e. The van der Waals surface area contributed by atoms with Crippen LogP contribution < -0.4 is 0 Å². The molecule has 0 aliphatic heterocycles. The number of nitriles is 1. The lowest BCUT2D eigenvalue weighted by Crippen LogP contribution is -1.97. The van der Waals surface area contributed by atoms with Crippen molar-refractivity contribution in [3.63, 3.8) is 0 Å². The Balaban J connectivity index is 1.24. The zero-order valence-corrected chi connectivity index (χ0v) is 25.2. The predicted octanol–water partition coefficient (Wildman–Crippen LogP) is 11.3. The Morgan fingerprint density at radius 2 is 1.06 bits per heavy atom. The molecule has 0 saturated heterocycles. The highest BCUT2D eigenvalue weighted by atomic mass is 16.3. The highest BCUT2D eigenvalue weighted by molar-refractivity contribution is 6.24. The van der Waals surface area contributed by atoms with Crippen molar-refractivity contribution >= 4 is 65.6 Å². The van der Waals surface area contributed by atoms with Crippen LogP contribution in [0, 0.1) is 11.3 Å². The molecule has 10 aromatic rings. The van der Waals surface area contributed by atoms with E-state index in [1.165, 1.54) is 21.8 Å². The van der Waals surface area contributed by atoms with Gasteiger partial charge in [0, 0.05) is 38.3 Å². The van der Waals surface area contributed by atoms with Crippen molar-refractivity contribution in [2.75, 3.05) is 0 Å². The van der Waals surface area contributed by atoms with Gasteiger partial charge in [-0.2, -0.15) is 5.26 Å². The highest BCUT2D eigenvalue weighted by Crippen LogP contribution is 2.41. The van der Waals surface area contributed by atoms with Crippen molar-refractivity contribution in [1.82, 2.24) is 9.13 Å². The maximum Gasteiger partial charge on any atom is 0.137 e. The van der Waals surface area contributed by atoms with Crippen LogP contribution in [0.1, 0.15) is 5.56 Å². The van der Waals surface area contributed by atoms with Gasteiger partial charge in [-0.25, -0.2) is 0 Å². The fraction of sp³-hybridized carbons (Fsp3) is 0. The summed E-state index contributed by atoms with van der Waals surface area (Å²) in [4.78, 5) is 0. The number of hydrogen-bond donors (Lipinski definition) is 0. The second kappa shape index (κ2) is 9.71. The molecule has 47 heavy (non-hydrogen) atoms. The van der Waals surface area contributed by atoms with Crippen LogP contribution in [0.2, 0.25) is 0 Å². The second-order valence-corrected chi connectivity index (χ2v) is 12.1. The van der Waals surface area contributed by atoms with E-state index in [1.807, 2.05) is 24.3 Å². The van der Waals surface area contributed by atoms with Crippen molar-refractivity contribution in [3.05, 3.63) is 157 Å². The third-order valence-corrected chi connectivity index (χ3v) is 9.50. The molecule has 218 valence electrons. The lowest BCUT2D eigenvalue weighted by Gasteiger charge is -2.14. The van der Waals surface area contributed by atoms with Crippen molar-refractivity contribution in [1.29, 1.82) is 5.26 Å². The summed E-state index contributed by atoms with van der Waals surface area (Å²) >= 11 is 0. The fourth-order valence-electron chi connectivity index (χ4n) is 7.53. The number of para-hydroxylation sites is 4. The maximum absolute atomic E-state index is 10.3. The van der Waals surface area contributed by atoms with E-state index in [1.54, 1.807) is 0 Å². The van der Waals surface area contributed by atoms with Gasteiger partial charge in [0.1, 0.15) is 11.2 Å². The van der Waals surface area contributed by atoms with E-state index in [0.717, 1.165) is 66.2 Å². The highest BCUT2D eigenvalue weighted by Gasteiger charge is 2.20. The number of nitrogens with zero attached hydrogens (tertiary/aromatic N) is 3. The molecule has 0 saturated carbocycles. The van der Waals surface area contributed by atoms with Gasteiger partial charge in [-0.3, -0.25) is 0 Å². The van der Waals surface area contributed by atoms with E-state index in [0.29, 0.717) is 5.56 Å². The first kappa shape index (κ1) is 25.7. The molecule has 0 fully saturated rings. The number of aromatic nitrogens is 2. The lowest BCUT2D eigenvalue weighted by atomic mass is 10.0. The molecule has 0 unspecified atom stereocenters. The summed E-state index contributed by atoms with van der Waals surface area (Å²) in [6.45, 7) is 0. The first-order chi connectivity index (χ1) is 23.3. The number of hydrogen-bond acceptors (Lipinski definition) is 2. The van der Waals surface area contributed by atoms with Crippen molar-refractivity contribution in [2.24, 2.45) is 0 Å². The average Bonchev–Trinajstić information content (AvgIpc) is 3.79. The van der Waals surface area contributed by atoms with Crippen LogP contribution in [0.15, 0.2) is 156 Å². The zero-order chi connectivity index (χ0) is 31.1. The molecule has 0 spiro atoms. The molecule has 0 bridgehead atoms. The molecule has 4 heteroatoms. The Morgan fingerprint density at radius 3 is 1.79 bits per heavy atom. The third-order valence-electron chi connectivity index (χ3n) is 9.50. The molecule has 4 nitrogen and oxygen atoms in total. The molecular formula is C43H25N3O. The number of benzene rings is 7. The number of fused-ring (bicyclic) bond motifs is 10. The van der Waals surface area contributed by atoms with Crippen molar-refractivity contribution in [3.8, 4) is 28.6 Å². The standard InChI is InChI=1S/C43H25N3O/c44-26-27-22-29(28-10-9-11-30(24-28)45-37-16-5-1-12-32(37)33-13-2-6-17-38(33)45)25-31(23-27)46-39-18-7-3-14-34(39)35-20-21-41-42(43(35)46)36-15-4-8-19-40(36)47-41/h1-25H. The van der Waals surface area contributed by atoms with Crippen LogP contribution in [-0.4, -0.2) is 9.13 Å². The molecule has 0 radical (unpaired) electrons. The van der Waals surface area contributed by atoms with E-state index in [9.17, 15) is 5.26 Å². The molecule has 0 aliphatic rings. The van der Waals surface area contributed by atoms with Gasteiger partial charge in [0.05, 0.1) is 39.1 Å². The quantitative estimate of drug-likeness (QED) is 0.203. The molecule has 0 atom stereocenters. The molecule has 0 N–H and O–H groups in total. The van der Waals surface area contributed by atoms with Crippen molar-refractivity contribution < 1.29 is 4.42 Å². The first-order valence-electron chi connectivity index (χ1n) is 15.7. The summed E-state index contributed by atoms with van der Waals surface area (Å²) in [7, 11) is 0. The molecule has 0 amide bonds. The van der Waals surface area contributed by atoms with Gasteiger partial charge < -0.3 is 13.6 Å². The molecular weight excluding hydrogens is 574 g/mol. The molecule has 3 aromatic heterocycles. The topological polar surface area (TPSA) is 46.8 Å². The van der Waals surface area contributed by atoms with Gasteiger partial charge in [-0.15, -0.1) is 0 Å². The molecule has 7 aromatic carbocycles. The van der Waals surface area contributed by atoms with E-state index < -0.39 is 0 Å². The van der Waals surface area contributed by atoms with Crippen LogP contribution in [0.25, 0.3) is 88.1 Å². The van der Waals surface area contributed by atoms with Crippen LogP contribution in [-0.2, 0) is 0 Å². The van der Waals surface area contributed by atoms with Crippen LogP contribution in [0.4, 0.5) is 0 Å². The van der Waals surface area contributed by atoms with Gasteiger partial charge in [-0.05, 0) is 77.9 Å². The number of furan rings is 1. The van der Waals surface area contributed by atoms with E-state index in [4.69, 9.17) is 4.42 Å². The van der Waals surface area contributed by atoms with Gasteiger partial charge in [0.2, 0.25) is 0 Å². The Bertz CT molecular complexity index is 2880. The minimum atomic E-state index is 0.606. The summed E-state index contributed by atoms with van der Waals surface area (Å²) in [6.07, 6.45) is 0. The van der Waals surface area contributed by atoms with Crippen LogP contribution in [0.5, 0.6) is 0 Å². The molecule has 10 rings (SSSR count). The van der Waals surface area contributed by atoms with Gasteiger partial charge in [0.15, 0.2) is 0 Å². The minimum Gasteiger partial charge on any atom is -0.456 e. The summed E-state index contributed by atoms with van der Waals surface area (Å²) in [5.74, 6) is 0. The summed E-state index contributed by atoms with van der Waals surface area (Å²) < 4.78 is 11.0. The van der Waals surface area contributed by atoms with Gasteiger partial charge >= 0.3 is 0 Å². The monoisotopic (exact) mass is 599 g/mol. The Kier molecular flexibility index (Phi) is 5.32. The summed E-state index contributed by atoms with van der Waals surface area (Å²) in [5, 5.41) is 17.2. The summed E-state index contributed by atoms with van der Waals surface area (Å²) in [5.41, 5.74) is 10.8. The maximum atomic E-state index is 10.3. The third kappa shape index (κ3) is 3.69. The normalized spacial score (nSPS) is 11.8.